The fourth-order valence-corrected chi connectivity index (χ4v) is 5.09. The lowest BCUT2D eigenvalue weighted by molar-refractivity contribution is 0.0819. The van der Waals surface area contributed by atoms with E-state index >= 15 is 0 Å². The first-order valence-electron chi connectivity index (χ1n) is 12.7. The number of hydrogen-bond acceptors (Lipinski definition) is 6. The van der Waals surface area contributed by atoms with E-state index < -0.39 is 6.04 Å². The highest BCUT2D eigenvalue weighted by atomic mass is 16.5. The van der Waals surface area contributed by atoms with Crippen LogP contribution in [0.15, 0.2) is 71.8 Å². The van der Waals surface area contributed by atoms with E-state index in [2.05, 4.69) is 18.2 Å². The van der Waals surface area contributed by atoms with E-state index in [9.17, 15) is 4.79 Å². The van der Waals surface area contributed by atoms with Crippen molar-refractivity contribution in [3.8, 4) is 11.5 Å². The number of rotatable bonds is 3. The van der Waals surface area contributed by atoms with Crippen molar-refractivity contribution in [2.24, 2.45) is 11.0 Å². The van der Waals surface area contributed by atoms with Crippen molar-refractivity contribution in [3.63, 3.8) is 0 Å². The normalized spacial score (nSPS) is 18.6. The molecule has 190 valence electrons. The molecular formula is C29H30N4O4. The molecule has 8 nitrogen and oxygen atoms in total. The van der Waals surface area contributed by atoms with Crippen LogP contribution in [0, 0.1) is 12.8 Å². The third-order valence-electron chi connectivity index (χ3n) is 7.09. The van der Waals surface area contributed by atoms with Gasteiger partial charge in [0.1, 0.15) is 19.3 Å². The molecule has 37 heavy (non-hydrogen) atoms. The SMILES string of the molecule is Cc1ccc2c(c1)N(c1ccc(N)cc1)C(=O)N(C1COc3ccccc3OC1)N=C2C1CCOCC1. The van der Waals surface area contributed by atoms with Gasteiger partial charge in [-0.05, 0) is 67.8 Å². The molecule has 0 saturated carbocycles. The zero-order valence-corrected chi connectivity index (χ0v) is 20.8. The molecule has 3 aliphatic rings. The zero-order chi connectivity index (χ0) is 25.4. The molecule has 0 atom stereocenters. The van der Waals surface area contributed by atoms with E-state index in [4.69, 9.17) is 25.0 Å². The average molecular weight is 499 g/mol. The Morgan fingerprint density at radius 3 is 2.27 bits per heavy atom. The summed E-state index contributed by atoms with van der Waals surface area (Å²) in [4.78, 5) is 16.1. The van der Waals surface area contributed by atoms with Gasteiger partial charge in [0.25, 0.3) is 0 Å². The van der Waals surface area contributed by atoms with Crippen LogP contribution in [0.3, 0.4) is 0 Å². The van der Waals surface area contributed by atoms with E-state index in [-0.39, 0.29) is 25.2 Å². The fourth-order valence-electron chi connectivity index (χ4n) is 5.09. The van der Waals surface area contributed by atoms with Crippen LogP contribution in [0.25, 0.3) is 0 Å². The van der Waals surface area contributed by atoms with Crippen molar-refractivity contribution < 1.29 is 19.0 Å². The summed E-state index contributed by atoms with van der Waals surface area (Å²) in [5.74, 6) is 1.49. The number of hydrogen-bond donors (Lipinski definition) is 1. The third-order valence-corrected chi connectivity index (χ3v) is 7.09. The fraction of sp³-hybridized carbons (Fsp3) is 0.310. The predicted molar refractivity (Wildman–Crippen MR) is 143 cm³/mol. The van der Waals surface area contributed by atoms with Crippen LogP contribution in [0.5, 0.6) is 11.5 Å². The first-order valence-corrected chi connectivity index (χ1v) is 12.7. The van der Waals surface area contributed by atoms with Gasteiger partial charge >= 0.3 is 6.03 Å². The highest BCUT2D eigenvalue weighted by molar-refractivity contribution is 6.14. The number of nitrogen functional groups attached to an aromatic ring is 1. The van der Waals surface area contributed by atoms with Gasteiger partial charge in [-0.15, -0.1) is 0 Å². The first-order chi connectivity index (χ1) is 18.1. The summed E-state index contributed by atoms with van der Waals surface area (Å²) < 4.78 is 17.8. The van der Waals surface area contributed by atoms with Crippen LogP contribution in [-0.2, 0) is 4.74 Å². The molecule has 8 heteroatoms. The molecule has 2 N–H and O–H groups in total. The maximum atomic E-state index is 14.4. The third kappa shape index (κ3) is 4.49. The zero-order valence-electron chi connectivity index (χ0n) is 20.8. The minimum Gasteiger partial charge on any atom is -0.487 e. The van der Waals surface area contributed by atoms with Crippen molar-refractivity contribution >= 4 is 28.8 Å². The number of fused-ring (bicyclic) bond motifs is 2. The minimum absolute atomic E-state index is 0.168. The number of para-hydroxylation sites is 2. The van der Waals surface area contributed by atoms with Crippen LogP contribution in [0.2, 0.25) is 0 Å². The summed E-state index contributed by atoms with van der Waals surface area (Å²) in [5, 5.41) is 6.65. The Kier molecular flexibility index (Phi) is 6.18. The highest BCUT2D eigenvalue weighted by Gasteiger charge is 2.38. The Balaban J connectivity index is 1.47. The molecule has 0 bridgehead atoms. The van der Waals surface area contributed by atoms with Gasteiger partial charge in [-0.3, -0.25) is 4.90 Å². The summed E-state index contributed by atoms with van der Waals surface area (Å²) >= 11 is 0. The number of carbonyl (C=O) groups excluding carboxylic acids is 1. The predicted octanol–water partition coefficient (Wildman–Crippen LogP) is 5.12. The van der Waals surface area contributed by atoms with Crippen LogP contribution < -0.4 is 20.1 Å². The molecule has 0 spiro atoms. The van der Waals surface area contributed by atoms with Crippen molar-refractivity contribution in [1.29, 1.82) is 0 Å². The van der Waals surface area contributed by atoms with Crippen LogP contribution in [0.1, 0.15) is 24.0 Å². The van der Waals surface area contributed by atoms with Crippen LogP contribution >= 0.6 is 0 Å². The number of hydrazone groups is 1. The number of urea groups is 1. The monoisotopic (exact) mass is 498 g/mol. The first kappa shape index (κ1) is 23.4. The second-order valence-electron chi connectivity index (χ2n) is 9.67. The van der Waals surface area contributed by atoms with Gasteiger partial charge in [0, 0.05) is 30.4 Å². The molecule has 1 saturated heterocycles. The van der Waals surface area contributed by atoms with Crippen molar-refractivity contribution in [1.82, 2.24) is 5.01 Å². The lowest BCUT2D eigenvalue weighted by atomic mass is 9.88. The number of anilines is 3. The summed E-state index contributed by atoms with van der Waals surface area (Å²) in [7, 11) is 0. The Bertz CT molecular complexity index is 1310. The number of benzene rings is 3. The summed E-state index contributed by atoms with van der Waals surface area (Å²) in [6.45, 7) is 3.90. The Hall–Kier alpha value is -4.04. The van der Waals surface area contributed by atoms with Gasteiger partial charge < -0.3 is 19.9 Å². The van der Waals surface area contributed by atoms with Crippen molar-refractivity contribution in [3.05, 3.63) is 77.9 Å². The Morgan fingerprint density at radius 2 is 1.59 bits per heavy atom. The summed E-state index contributed by atoms with van der Waals surface area (Å²) in [5.41, 5.74) is 11.0. The van der Waals surface area contributed by atoms with Crippen molar-refractivity contribution in [2.75, 3.05) is 37.1 Å². The van der Waals surface area contributed by atoms with E-state index in [1.165, 1.54) is 0 Å². The average Bonchev–Trinajstić information content (AvgIpc) is 3.21. The molecule has 0 aliphatic carbocycles. The number of nitrogens with zero attached hydrogens (tertiary/aromatic N) is 3. The second-order valence-corrected chi connectivity index (χ2v) is 9.67. The molecular weight excluding hydrogens is 468 g/mol. The highest BCUT2D eigenvalue weighted by Crippen LogP contribution is 2.38. The van der Waals surface area contributed by atoms with E-state index in [1.807, 2.05) is 55.5 Å². The molecule has 0 unspecified atom stereocenters. The van der Waals surface area contributed by atoms with E-state index in [0.717, 1.165) is 41.1 Å². The van der Waals surface area contributed by atoms with Crippen molar-refractivity contribution in [2.45, 2.75) is 25.8 Å². The van der Waals surface area contributed by atoms with Gasteiger partial charge in [0.15, 0.2) is 11.5 Å². The molecule has 1 fully saturated rings. The molecule has 3 aromatic carbocycles. The lowest BCUT2D eigenvalue weighted by Crippen LogP contribution is -2.48. The molecule has 3 aliphatic heterocycles. The number of nitrogens with two attached hydrogens (primary N) is 1. The summed E-state index contributed by atoms with van der Waals surface area (Å²) in [6.07, 6.45) is 1.69. The number of aryl methyl sites for hydroxylation is 1. The van der Waals surface area contributed by atoms with Gasteiger partial charge in [0.05, 0.1) is 17.1 Å². The van der Waals surface area contributed by atoms with E-state index in [1.54, 1.807) is 9.91 Å². The maximum Gasteiger partial charge on any atom is 0.350 e. The van der Waals surface area contributed by atoms with Gasteiger partial charge in [-0.2, -0.15) is 5.10 Å². The Labute approximate surface area is 216 Å². The number of ether oxygens (including phenoxy) is 3. The topological polar surface area (TPSA) is 89.6 Å². The van der Waals surface area contributed by atoms with Gasteiger partial charge in [0.2, 0.25) is 0 Å². The molecule has 3 aromatic rings. The lowest BCUT2D eigenvalue weighted by Gasteiger charge is -2.30. The molecule has 0 radical (unpaired) electrons. The second kappa shape index (κ2) is 9.78. The maximum absolute atomic E-state index is 14.4. The largest absolute Gasteiger partial charge is 0.487 e. The summed E-state index contributed by atoms with van der Waals surface area (Å²) in [6, 6.07) is 20.4. The molecule has 2 amide bonds. The number of amides is 2. The number of carbonyl (C=O) groups is 1. The standard InChI is InChI=1S/C29H30N4O4/c1-19-6-11-24-25(16-19)32(22-9-7-21(30)8-10-22)29(34)33(31-28(24)20-12-14-35-15-13-20)23-17-36-26-4-2-3-5-27(26)37-18-23/h2-11,16,20,23H,12-15,17-18,30H2,1H3. The Morgan fingerprint density at radius 1 is 0.919 bits per heavy atom. The smallest absolute Gasteiger partial charge is 0.350 e. The van der Waals surface area contributed by atoms with Crippen LogP contribution in [-0.4, -0.2) is 49.2 Å². The molecule has 0 aromatic heterocycles. The quantitative estimate of drug-likeness (QED) is 0.506. The molecule has 6 rings (SSSR count). The molecule has 3 heterocycles. The minimum atomic E-state index is -0.429. The van der Waals surface area contributed by atoms with Gasteiger partial charge in [-0.1, -0.05) is 24.3 Å². The van der Waals surface area contributed by atoms with Gasteiger partial charge in [-0.25, -0.2) is 9.80 Å². The van der Waals surface area contributed by atoms with Crippen LogP contribution in [0.4, 0.5) is 21.9 Å². The van der Waals surface area contributed by atoms with E-state index in [0.29, 0.717) is 30.4 Å².